The van der Waals surface area contributed by atoms with E-state index in [-0.39, 0.29) is 0 Å². The Kier molecular flexibility index (Phi) is 8.30. The molecule has 3 atom stereocenters. The van der Waals surface area contributed by atoms with Gasteiger partial charge in [0.05, 0.1) is 5.41 Å². The highest BCUT2D eigenvalue weighted by Crippen LogP contribution is 2.73. The third kappa shape index (κ3) is 4.18. The van der Waals surface area contributed by atoms with Crippen LogP contribution in [0.15, 0.2) is 103 Å². The maximum Gasteiger partial charge on any atom is 0.135 e. The summed E-state index contributed by atoms with van der Waals surface area (Å²) in [6, 6.07) is 28.5. The van der Waals surface area contributed by atoms with Crippen LogP contribution in [0.2, 0.25) is 0 Å². The largest absolute Gasteiger partial charge is 0.303 e. The summed E-state index contributed by atoms with van der Waals surface area (Å²) in [6.07, 6.45) is 12.9. The average Bonchev–Trinajstić information content (AvgIpc) is 3.07. The van der Waals surface area contributed by atoms with Crippen molar-refractivity contribution in [2.24, 2.45) is 16.2 Å². The first kappa shape index (κ1) is 28.6. The smallest absolute Gasteiger partial charge is 0.135 e. The van der Waals surface area contributed by atoms with E-state index in [1.165, 1.54) is 0 Å². The molecule has 3 aromatic carbocycles. The van der Waals surface area contributed by atoms with E-state index >= 15 is 0 Å². The van der Waals surface area contributed by atoms with Crippen molar-refractivity contribution in [2.45, 2.75) is 62.7 Å². The minimum atomic E-state index is -1.50. The van der Waals surface area contributed by atoms with Gasteiger partial charge in [-0.3, -0.25) is 0 Å². The number of carbonyl (C=O) groups excluding carboxylic acids is 4. The fourth-order valence-corrected chi connectivity index (χ4v) is 8.69. The first-order valence-corrected chi connectivity index (χ1v) is 14.8. The number of benzene rings is 3. The Morgan fingerprint density at radius 3 is 1.59 bits per heavy atom. The molecule has 0 spiro atoms. The number of carbonyl (C=O) groups is 4. The van der Waals surface area contributed by atoms with Crippen LogP contribution < -0.4 is 0 Å². The van der Waals surface area contributed by atoms with Crippen LogP contribution in [0.4, 0.5) is 0 Å². The van der Waals surface area contributed by atoms with Crippen LogP contribution in [-0.2, 0) is 24.6 Å². The van der Waals surface area contributed by atoms with Crippen molar-refractivity contribution in [1.82, 2.24) is 0 Å². The van der Waals surface area contributed by atoms with Gasteiger partial charge in [0.2, 0.25) is 0 Å². The molecule has 2 aliphatic rings. The second-order valence-corrected chi connectivity index (χ2v) is 11.8. The van der Waals surface area contributed by atoms with Gasteiger partial charge in [-0.25, -0.2) is 0 Å². The predicted molar refractivity (Wildman–Crippen MR) is 160 cm³/mol. The summed E-state index contributed by atoms with van der Waals surface area (Å²) >= 11 is 0. The molecule has 0 saturated heterocycles. The minimum Gasteiger partial charge on any atom is -0.303 e. The normalized spacial score (nSPS) is 22.5. The summed E-state index contributed by atoms with van der Waals surface area (Å²) < 4.78 is 0. The molecule has 0 N–H and O–H groups in total. The van der Waals surface area contributed by atoms with E-state index in [2.05, 4.69) is 6.08 Å². The van der Waals surface area contributed by atoms with E-state index in [9.17, 15) is 19.2 Å². The molecule has 41 heavy (non-hydrogen) atoms. The summed E-state index contributed by atoms with van der Waals surface area (Å²) in [4.78, 5) is 56.0. The number of allylic oxidation sites excluding steroid dienone is 2. The van der Waals surface area contributed by atoms with Gasteiger partial charge in [-0.1, -0.05) is 122 Å². The van der Waals surface area contributed by atoms with Crippen LogP contribution in [0, 0.1) is 16.2 Å². The van der Waals surface area contributed by atoms with Gasteiger partial charge in [-0.05, 0) is 48.8 Å². The molecule has 1 fully saturated rings. The van der Waals surface area contributed by atoms with Crippen LogP contribution in [0.3, 0.4) is 0 Å². The molecule has 0 heterocycles. The lowest BCUT2D eigenvalue weighted by Crippen LogP contribution is -2.70. The number of rotatable bonds is 11. The number of hydrogen-bond donors (Lipinski definition) is 0. The Hall–Kier alpha value is -3.92. The van der Waals surface area contributed by atoms with E-state index in [0.29, 0.717) is 48.8 Å². The monoisotopic (exact) mass is 546 g/mol. The molecule has 1 saturated carbocycles. The molecule has 2 aliphatic carbocycles. The van der Waals surface area contributed by atoms with E-state index in [1.54, 1.807) is 0 Å². The van der Waals surface area contributed by atoms with E-state index < -0.39 is 27.6 Å². The van der Waals surface area contributed by atoms with Crippen LogP contribution in [-0.4, -0.2) is 25.1 Å². The van der Waals surface area contributed by atoms with Crippen LogP contribution in [0.25, 0.3) is 0 Å². The quantitative estimate of drug-likeness (QED) is 0.188. The minimum absolute atomic E-state index is 0.346. The van der Waals surface area contributed by atoms with Crippen molar-refractivity contribution < 1.29 is 19.2 Å². The summed E-state index contributed by atoms with van der Waals surface area (Å²) in [5, 5.41) is 0. The lowest BCUT2D eigenvalue weighted by Gasteiger charge is -2.67. The fraction of sp³-hybridized carbons (Fsp3) is 0.351. The van der Waals surface area contributed by atoms with Gasteiger partial charge in [0, 0.05) is 22.2 Å². The van der Waals surface area contributed by atoms with Gasteiger partial charge >= 0.3 is 0 Å². The molecule has 4 heteroatoms. The molecule has 210 valence electrons. The second-order valence-electron chi connectivity index (χ2n) is 11.8. The molecule has 3 aromatic rings. The lowest BCUT2D eigenvalue weighted by molar-refractivity contribution is -0.177. The van der Waals surface area contributed by atoms with Crippen LogP contribution in [0.1, 0.15) is 74.0 Å². The first-order valence-electron chi connectivity index (χ1n) is 14.8. The number of aldehydes is 4. The zero-order valence-corrected chi connectivity index (χ0v) is 23.5. The predicted octanol–water partition coefficient (Wildman–Crippen LogP) is 7.22. The van der Waals surface area contributed by atoms with E-state index in [4.69, 9.17) is 0 Å². The van der Waals surface area contributed by atoms with E-state index in [0.717, 1.165) is 44.4 Å². The van der Waals surface area contributed by atoms with Crippen LogP contribution in [0.5, 0.6) is 0 Å². The highest BCUT2D eigenvalue weighted by atomic mass is 16.1. The molecule has 4 nitrogen and oxygen atoms in total. The Morgan fingerprint density at radius 2 is 1.15 bits per heavy atom. The standard InChI is InChI=1S/C37H38O4/c38-26-33(30-16-6-1-7-17-30)37(34(27-39)22-12-4-13-23-34,35(28-40)24-14-5-15-25-35)36(29-41,31-18-8-2-9-19-31)32-20-10-3-11-21-32/h1-4,6-12,16-21,26-29,33H,5,13-15,22-25H2. The molecule has 0 bridgehead atoms. The zero-order valence-electron chi connectivity index (χ0n) is 23.5. The molecule has 3 unspecified atom stereocenters. The molecule has 0 aliphatic heterocycles. The van der Waals surface area contributed by atoms with Crippen molar-refractivity contribution in [3.63, 3.8) is 0 Å². The average molecular weight is 547 g/mol. The van der Waals surface area contributed by atoms with Gasteiger partial charge in [-0.2, -0.15) is 0 Å². The topological polar surface area (TPSA) is 68.3 Å². The van der Waals surface area contributed by atoms with Gasteiger partial charge in [-0.15, -0.1) is 0 Å². The SMILES string of the molecule is O=CC(c1ccccc1)C(C1(C=O)CC=CCC1)(C1(C=O)CCCCC1)C(C=O)(c1ccccc1)c1ccccc1. The molecule has 0 radical (unpaired) electrons. The first-order chi connectivity index (χ1) is 20.1. The van der Waals surface area contributed by atoms with Gasteiger partial charge in [0.15, 0.2) is 0 Å². The van der Waals surface area contributed by atoms with Gasteiger partial charge in [0.1, 0.15) is 25.1 Å². The highest BCUT2D eigenvalue weighted by Gasteiger charge is 2.75. The summed E-state index contributed by atoms with van der Waals surface area (Å²) in [5.41, 5.74) is -3.18. The fourth-order valence-electron chi connectivity index (χ4n) is 8.69. The molecular weight excluding hydrogens is 508 g/mol. The maximum absolute atomic E-state index is 14.4. The molecule has 0 aromatic heterocycles. The lowest BCUT2D eigenvalue weighted by atomic mass is 9.32. The van der Waals surface area contributed by atoms with Crippen molar-refractivity contribution in [2.75, 3.05) is 0 Å². The number of hydrogen-bond acceptors (Lipinski definition) is 4. The highest BCUT2D eigenvalue weighted by molar-refractivity contribution is 5.87. The second kappa shape index (κ2) is 11.9. The van der Waals surface area contributed by atoms with Crippen molar-refractivity contribution in [1.29, 1.82) is 0 Å². The maximum atomic E-state index is 14.4. The molecular formula is C37H38O4. The Balaban J connectivity index is 2.09. The molecule has 0 amide bonds. The Bertz CT molecular complexity index is 1330. The third-order valence-electron chi connectivity index (χ3n) is 10.2. The summed E-state index contributed by atoms with van der Waals surface area (Å²) in [5.74, 6) is -0.922. The van der Waals surface area contributed by atoms with Crippen molar-refractivity contribution >= 4 is 25.1 Å². The summed E-state index contributed by atoms with van der Waals surface area (Å²) in [6.45, 7) is 0. The van der Waals surface area contributed by atoms with Gasteiger partial charge in [0.25, 0.3) is 0 Å². The van der Waals surface area contributed by atoms with Crippen molar-refractivity contribution in [3.8, 4) is 0 Å². The van der Waals surface area contributed by atoms with Gasteiger partial charge < -0.3 is 19.2 Å². The zero-order chi connectivity index (χ0) is 28.8. The van der Waals surface area contributed by atoms with Crippen molar-refractivity contribution in [3.05, 3.63) is 120 Å². The Labute approximate surface area is 242 Å². The summed E-state index contributed by atoms with van der Waals surface area (Å²) in [7, 11) is 0. The van der Waals surface area contributed by atoms with E-state index in [1.807, 2.05) is 97.1 Å². The third-order valence-corrected chi connectivity index (χ3v) is 10.2. The Morgan fingerprint density at radius 1 is 0.610 bits per heavy atom. The molecule has 5 rings (SSSR count). The van der Waals surface area contributed by atoms with Crippen LogP contribution >= 0.6 is 0 Å².